The molecular formula is C14H21N7O. The first-order valence-corrected chi connectivity index (χ1v) is 7.78. The summed E-state index contributed by atoms with van der Waals surface area (Å²) in [6, 6.07) is 0. The van der Waals surface area contributed by atoms with Crippen molar-refractivity contribution in [3.63, 3.8) is 0 Å². The van der Waals surface area contributed by atoms with Gasteiger partial charge < -0.3 is 26.0 Å². The fourth-order valence-electron chi connectivity index (χ4n) is 3.82. The Morgan fingerprint density at radius 3 is 3.18 bits per heavy atom. The highest BCUT2D eigenvalue weighted by atomic mass is 16.3. The first-order valence-electron chi connectivity index (χ1n) is 7.78. The number of nitrogens with one attached hydrogen (secondary N) is 2. The number of nitrogens with zero attached hydrogens (tertiary/aromatic N) is 4. The van der Waals surface area contributed by atoms with Crippen molar-refractivity contribution in [3.05, 3.63) is 6.33 Å². The molecule has 0 amide bonds. The number of aliphatic hydroxyl groups excluding tert-OH is 1. The van der Waals surface area contributed by atoms with Gasteiger partial charge in [0.15, 0.2) is 11.5 Å². The summed E-state index contributed by atoms with van der Waals surface area (Å²) in [7, 11) is 0. The number of aliphatic hydroxyl groups is 1. The van der Waals surface area contributed by atoms with E-state index < -0.39 is 0 Å². The van der Waals surface area contributed by atoms with Crippen LogP contribution < -0.4 is 16.0 Å². The van der Waals surface area contributed by atoms with Crippen molar-refractivity contribution >= 4 is 22.9 Å². The molecule has 0 unspecified atom stereocenters. The van der Waals surface area contributed by atoms with Gasteiger partial charge in [-0.25, -0.2) is 4.98 Å². The van der Waals surface area contributed by atoms with Crippen LogP contribution >= 0.6 is 0 Å². The zero-order chi connectivity index (χ0) is 15.2. The number of hydrogen-bond donors (Lipinski definition) is 4. The predicted octanol–water partition coefficient (Wildman–Crippen LogP) is -0.124. The molecule has 4 heterocycles. The Kier molecular flexibility index (Phi) is 3.16. The van der Waals surface area contributed by atoms with Crippen molar-refractivity contribution in [2.24, 2.45) is 5.41 Å². The monoisotopic (exact) mass is 303 g/mol. The van der Waals surface area contributed by atoms with Crippen molar-refractivity contribution in [2.45, 2.75) is 25.4 Å². The first kappa shape index (κ1) is 13.7. The quantitative estimate of drug-likeness (QED) is 0.580. The van der Waals surface area contributed by atoms with E-state index in [9.17, 15) is 5.11 Å². The molecule has 22 heavy (non-hydrogen) atoms. The van der Waals surface area contributed by atoms with E-state index in [1.165, 1.54) is 0 Å². The van der Waals surface area contributed by atoms with Crippen molar-refractivity contribution in [1.29, 1.82) is 0 Å². The van der Waals surface area contributed by atoms with Gasteiger partial charge in [-0.2, -0.15) is 9.97 Å². The number of aromatic amines is 1. The van der Waals surface area contributed by atoms with Crippen LogP contribution in [0.1, 0.15) is 19.3 Å². The highest BCUT2D eigenvalue weighted by Gasteiger charge is 2.43. The molecule has 2 aromatic heterocycles. The number of fused-ring (bicyclic) bond motifs is 1. The Labute approximate surface area is 128 Å². The summed E-state index contributed by atoms with van der Waals surface area (Å²) in [5.41, 5.74) is 7.11. The van der Waals surface area contributed by atoms with E-state index in [1.807, 2.05) is 0 Å². The van der Waals surface area contributed by atoms with Crippen molar-refractivity contribution in [3.8, 4) is 0 Å². The van der Waals surface area contributed by atoms with Gasteiger partial charge in [0, 0.05) is 25.0 Å². The van der Waals surface area contributed by atoms with Crippen LogP contribution in [0.5, 0.6) is 0 Å². The maximum atomic E-state index is 10.5. The van der Waals surface area contributed by atoms with Crippen LogP contribution in [0.25, 0.3) is 11.2 Å². The van der Waals surface area contributed by atoms with E-state index in [-0.39, 0.29) is 17.5 Å². The summed E-state index contributed by atoms with van der Waals surface area (Å²) in [6.45, 7) is 3.40. The Morgan fingerprint density at radius 1 is 1.41 bits per heavy atom. The molecule has 0 aromatic carbocycles. The van der Waals surface area contributed by atoms with E-state index in [4.69, 9.17) is 5.73 Å². The molecule has 0 saturated carbocycles. The highest BCUT2D eigenvalue weighted by molar-refractivity contribution is 5.84. The normalized spacial score (nSPS) is 29.3. The molecule has 2 aromatic rings. The SMILES string of the molecule is Nc1nc(N2CCC[C@]3(CNCC[C@@H]3O)C2)c2[nH]cnc2n1. The summed E-state index contributed by atoms with van der Waals surface area (Å²) >= 11 is 0. The third-order valence-corrected chi connectivity index (χ3v) is 4.97. The third kappa shape index (κ3) is 2.10. The molecule has 0 bridgehead atoms. The maximum absolute atomic E-state index is 10.5. The topological polar surface area (TPSA) is 116 Å². The zero-order valence-electron chi connectivity index (χ0n) is 12.4. The predicted molar refractivity (Wildman–Crippen MR) is 83.5 cm³/mol. The van der Waals surface area contributed by atoms with Crippen LogP contribution in [0.3, 0.4) is 0 Å². The second-order valence-corrected chi connectivity index (χ2v) is 6.38. The standard InChI is InChI=1S/C14H21N7O/c15-13-19-11-10(17-8-18-11)12(20-13)21-5-1-3-14(7-21)6-16-4-2-9(14)22/h8-9,16,22H,1-7H2,(H3,15,17,18,19,20)/t9-,14-/m0/s1. The lowest BCUT2D eigenvalue weighted by atomic mass is 9.72. The number of aromatic nitrogens is 4. The van der Waals surface area contributed by atoms with E-state index in [0.29, 0.717) is 5.65 Å². The van der Waals surface area contributed by atoms with Crippen molar-refractivity contribution < 1.29 is 5.11 Å². The summed E-state index contributed by atoms with van der Waals surface area (Å²) in [5, 5.41) is 14.0. The Balaban J connectivity index is 1.71. The molecule has 2 fully saturated rings. The van der Waals surface area contributed by atoms with E-state index in [0.717, 1.165) is 56.8 Å². The average molecular weight is 303 g/mol. The fraction of sp³-hybridized carbons (Fsp3) is 0.643. The minimum absolute atomic E-state index is 0.109. The first-order chi connectivity index (χ1) is 10.7. The van der Waals surface area contributed by atoms with Gasteiger partial charge in [0.2, 0.25) is 5.95 Å². The van der Waals surface area contributed by atoms with Gasteiger partial charge in [0.25, 0.3) is 0 Å². The minimum atomic E-state index is -0.270. The van der Waals surface area contributed by atoms with E-state index >= 15 is 0 Å². The lowest BCUT2D eigenvalue weighted by molar-refractivity contribution is -0.0101. The van der Waals surface area contributed by atoms with E-state index in [2.05, 4.69) is 30.2 Å². The van der Waals surface area contributed by atoms with Gasteiger partial charge in [0.05, 0.1) is 12.4 Å². The number of anilines is 2. The van der Waals surface area contributed by atoms with Crippen LogP contribution in [0.15, 0.2) is 6.33 Å². The summed E-state index contributed by atoms with van der Waals surface area (Å²) < 4.78 is 0. The van der Waals surface area contributed by atoms with Crippen LogP contribution in [0.4, 0.5) is 11.8 Å². The summed E-state index contributed by atoms with van der Waals surface area (Å²) in [6.07, 6.45) is 4.20. The molecule has 2 atom stereocenters. The largest absolute Gasteiger partial charge is 0.392 e. The van der Waals surface area contributed by atoms with Gasteiger partial charge in [-0.1, -0.05) is 0 Å². The number of imidazole rings is 1. The smallest absolute Gasteiger partial charge is 0.224 e. The molecule has 2 aliphatic heterocycles. The molecule has 118 valence electrons. The zero-order valence-corrected chi connectivity index (χ0v) is 12.4. The molecule has 8 heteroatoms. The Morgan fingerprint density at radius 2 is 2.32 bits per heavy atom. The van der Waals surface area contributed by atoms with Crippen LogP contribution in [0.2, 0.25) is 0 Å². The number of nitrogens with two attached hydrogens (primary N) is 1. The number of H-pyrrole nitrogens is 1. The third-order valence-electron chi connectivity index (χ3n) is 4.97. The number of rotatable bonds is 1. The molecular weight excluding hydrogens is 282 g/mol. The Bertz CT molecular complexity index is 683. The molecule has 1 spiro atoms. The molecule has 2 saturated heterocycles. The van der Waals surface area contributed by atoms with Crippen LogP contribution in [-0.2, 0) is 0 Å². The van der Waals surface area contributed by atoms with Crippen molar-refractivity contribution in [2.75, 3.05) is 36.8 Å². The number of piperidine rings is 2. The molecule has 2 aliphatic rings. The Hall–Kier alpha value is -1.93. The lowest BCUT2D eigenvalue weighted by Crippen LogP contribution is -2.58. The molecule has 0 aliphatic carbocycles. The molecule has 4 rings (SSSR count). The fourth-order valence-corrected chi connectivity index (χ4v) is 3.82. The molecule has 8 nitrogen and oxygen atoms in total. The second-order valence-electron chi connectivity index (χ2n) is 6.38. The van der Waals surface area contributed by atoms with Crippen LogP contribution in [-0.4, -0.2) is 57.3 Å². The number of hydrogen-bond acceptors (Lipinski definition) is 7. The molecule has 0 radical (unpaired) electrons. The minimum Gasteiger partial charge on any atom is -0.392 e. The number of nitrogen functional groups attached to an aromatic ring is 1. The van der Waals surface area contributed by atoms with Gasteiger partial charge >= 0.3 is 0 Å². The second kappa shape index (κ2) is 5.06. The average Bonchev–Trinajstić information content (AvgIpc) is 2.98. The highest BCUT2D eigenvalue weighted by Crippen LogP contribution is 2.38. The lowest BCUT2D eigenvalue weighted by Gasteiger charge is -2.48. The van der Waals surface area contributed by atoms with Gasteiger partial charge in [-0.3, -0.25) is 0 Å². The van der Waals surface area contributed by atoms with Crippen molar-refractivity contribution in [1.82, 2.24) is 25.3 Å². The summed E-state index contributed by atoms with van der Waals surface area (Å²) in [5.74, 6) is 1.02. The van der Waals surface area contributed by atoms with Crippen LogP contribution in [0, 0.1) is 5.41 Å². The van der Waals surface area contributed by atoms with E-state index in [1.54, 1.807) is 6.33 Å². The maximum Gasteiger partial charge on any atom is 0.224 e. The summed E-state index contributed by atoms with van der Waals surface area (Å²) in [4.78, 5) is 18.1. The van der Waals surface area contributed by atoms with Gasteiger partial charge in [-0.05, 0) is 25.8 Å². The molecule has 5 N–H and O–H groups in total. The van der Waals surface area contributed by atoms with Gasteiger partial charge in [-0.15, -0.1) is 0 Å². The van der Waals surface area contributed by atoms with Gasteiger partial charge in [0.1, 0.15) is 5.52 Å².